The minimum absolute atomic E-state index is 0.157. The van der Waals surface area contributed by atoms with Crippen LogP contribution in [0.5, 0.6) is 0 Å². The van der Waals surface area contributed by atoms with Gasteiger partial charge in [0, 0.05) is 37.8 Å². The topological polar surface area (TPSA) is 52.2 Å². The minimum atomic E-state index is -0.410. The van der Waals surface area contributed by atoms with Crippen molar-refractivity contribution < 1.29 is 13.6 Å². The van der Waals surface area contributed by atoms with Crippen LogP contribution in [0.2, 0.25) is 0 Å². The monoisotopic (exact) mass is 382 g/mol. The van der Waals surface area contributed by atoms with E-state index in [1.807, 2.05) is 6.07 Å². The van der Waals surface area contributed by atoms with E-state index in [1.54, 1.807) is 29.2 Å². The van der Waals surface area contributed by atoms with E-state index in [1.165, 1.54) is 24.3 Å². The van der Waals surface area contributed by atoms with Crippen LogP contribution in [0.3, 0.4) is 0 Å². The first kappa shape index (κ1) is 18.2. The molecular weight excluding hydrogens is 362 g/mol. The van der Waals surface area contributed by atoms with Gasteiger partial charge < -0.3 is 9.80 Å². The largest absolute Gasteiger partial charge is 0.353 e. The maximum absolute atomic E-state index is 13.4. The Morgan fingerprint density at radius 1 is 0.929 bits per heavy atom. The second kappa shape index (κ2) is 7.80. The van der Waals surface area contributed by atoms with Crippen molar-refractivity contribution in [3.63, 3.8) is 0 Å². The van der Waals surface area contributed by atoms with Gasteiger partial charge in [-0.05, 0) is 54.4 Å². The molecule has 144 valence electrons. The standard InChI is InChI=1S/C21H20F2N4O/c22-17-7-5-15(6-8-17)19-14-20(25-24-19)26-9-2-10-27(12-11-26)21(28)16-3-1-4-18(23)13-16/h1,3-8,13-14H,2,9-12H2,(H,24,25). The zero-order valence-corrected chi connectivity index (χ0v) is 15.2. The van der Waals surface area contributed by atoms with Crippen molar-refractivity contribution in [2.24, 2.45) is 0 Å². The van der Waals surface area contributed by atoms with Gasteiger partial charge in [0.1, 0.15) is 11.6 Å². The summed E-state index contributed by atoms with van der Waals surface area (Å²) in [5, 5.41) is 7.36. The van der Waals surface area contributed by atoms with Crippen molar-refractivity contribution in [1.29, 1.82) is 0 Å². The van der Waals surface area contributed by atoms with Crippen LogP contribution in [0.4, 0.5) is 14.6 Å². The van der Waals surface area contributed by atoms with Gasteiger partial charge in [0.2, 0.25) is 0 Å². The number of halogens is 2. The Hall–Kier alpha value is -3.22. The Morgan fingerprint density at radius 3 is 2.54 bits per heavy atom. The maximum Gasteiger partial charge on any atom is 0.254 e. The third-order valence-corrected chi connectivity index (χ3v) is 4.90. The van der Waals surface area contributed by atoms with E-state index in [2.05, 4.69) is 15.1 Å². The van der Waals surface area contributed by atoms with Gasteiger partial charge in [-0.2, -0.15) is 5.10 Å². The lowest BCUT2D eigenvalue weighted by Gasteiger charge is -2.22. The number of benzene rings is 2. The Morgan fingerprint density at radius 2 is 1.75 bits per heavy atom. The average Bonchev–Trinajstić information content (AvgIpc) is 3.06. The number of hydrogen-bond acceptors (Lipinski definition) is 3. The summed E-state index contributed by atoms with van der Waals surface area (Å²) < 4.78 is 26.5. The zero-order chi connectivity index (χ0) is 19.5. The molecule has 28 heavy (non-hydrogen) atoms. The Kier molecular flexibility index (Phi) is 5.06. The highest BCUT2D eigenvalue weighted by atomic mass is 19.1. The van der Waals surface area contributed by atoms with E-state index < -0.39 is 5.82 Å². The highest BCUT2D eigenvalue weighted by Crippen LogP contribution is 2.23. The number of rotatable bonds is 3. The number of carbonyl (C=O) groups is 1. The normalized spacial score (nSPS) is 14.8. The van der Waals surface area contributed by atoms with Crippen molar-refractivity contribution in [3.05, 3.63) is 71.8 Å². The predicted octanol–water partition coefficient (Wildman–Crippen LogP) is 3.71. The molecule has 3 aromatic rings. The van der Waals surface area contributed by atoms with E-state index in [-0.39, 0.29) is 11.7 Å². The fourth-order valence-corrected chi connectivity index (χ4v) is 3.40. The summed E-state index contributed by atoms with van der Waals surface area (Å²) in [6.07, 6.45) is 0.791. The second-order valence-corrected chi connectivity index (χ2v) is 6.79. The average molecular weight is 382 g/mol. The molecule has 0 atom stereocenters. The lowest BCUT2D eigenvalue weighted by molar-refractivity contribution is 0.0766. The number of aromatic nitrogens is 2. The Labute approximate surface area is 161 Å². The lowest BCUT2D eigenvalue weighted by Crippen LogP contribution is -2.35. The molecule has 1 saturated heterocycles. The third kappa shape index (κ3) is 3.88. The van der Waals surface area contributed by atoms with Gasteiger partial charge in [-0.3, -0.25) is 9.89 Å². The first-order chi connectivity index (χ1) is 13.6. The summed E-state index contributed by atoms with van der Waals surface area (Å²) in [6, 6.07) is 13.9. The number of amides is 1. The highest BCUT2D eigenvalue weighted by molar-refractivity contribution is 5.94. The SMILES string of the molecule is O=C(c1cccc(F)c1)N1CCCN(c2cc(-c3ccc(F)cc3)[nH]n2)CC1. The smallest absolute Gasteiger partial charge is 0.254 e. The van der Waals surface area contributed by atoms with Gasteiger partial charge in [-0.25, -0.2) is 8.78 Å². The molecule has 0 bridgehead atoms. The molecule has 1 aromatic heterocycles. The summed E-state index contributed by atoms with van der Waals surface area (Å²) in [6.45, 7) is 2.55. The molecule has 2 heterocycles. The van der Waals surface area contributed by atoms with E-state index in [0.29, 0.717) is 25.2 Å². The lowest BCUT2D eigenvalue weighted by atomic mass is 10.1. The van der Waals surface area contributed by atoms with Gasteiger partial charge >= 0.3 is 0 Å². The number of H-pyrrole nitrogens is 1. The van der Waals surface area contributed by atoms with Crippen LogP contribution < -0.4 is 4.90 Å². The summed E-state index contributed by atoms with van der Waals surface area (Å²) in [7, 11) is 0. The molecule has 0 radical (unpaired) electrons. The summed E-state index contributed by atoms with van der Waals surface area (Å²) in [5.74, 6) is -0.0547. The molecule has 5 nitrogen and oxygen atoms in total. The van der Waals surface area contributed by atoms with Gasteiger partial charge in [-0.15, -0.1) is 0 Å². The van der Waals surface area contributed by atoms with Crippen LogP contribution in [-0.4, -0.2) is 47.2 Å². The molecule has 0 spiro atoms. The zero-order valence-electron chi connectivity index (χ0n) is 15.2. The Balaban J connectivity index is 1.44. The van der Waals surface area contributed by atoms with E-state index in [4.69, 9.17) is 0 Å². The molecule has 1 fully saturated rings. The van der Waals surface area contributed by atoms with Crippen LogP contribution in [0.25, 0.3) is 11.3 Å². The van der Waals surface area contributed by atoms with E-state index in [9.17, 15) is 13.6 Å². The van der Waals surface area contributed by atoms with Crippen molar-refractivity contribution in [3.8, 4) is 11.3 Å². The van der Waals surface area contributed by atoms with Crippen molar-refractivity contribution in [2.75, 3.05) is 31.1 Å². The molecule has 4 rings (SSSR count). The molecule has 1 N–H and O–H groups in total. The fourth-order valence-electron chi connectivity index (χ4n) is 3.40. The van der Waals surface area contributed by atoms with Crippen LogP contribution in [0.15, 0.2) is 54.6 Å². The number of aromatic amines is 1. The number of hydrogen-bond donors (Lipinski definition) is 1. The van der Waals surface area contributed by atoms with Crippen LogP contribution in [0, 0.1) is 11.6 Å². The molecule has 7 heteroatoms. The molecule has 0 aliphatic carbocycles. The number of carbonyl (C=O) groups excluding carboxylic acids is 1. The molecule has 1 amide bonds. The van der Waals surface area contributed by atoms with Crippen molar-refractivity contribution >= 4 is 11.7 Å². The molecule has 0 saturated carbocycles. The molecule has 2 aromatic carbocycles. The molecule has 0 unspecified atom stereocenters. The third-order valence-electron chi connectivity index (χ3n) is 4.90. The predicted molar refractivity (Wildman–Crippen MR) is 103 cm³/mol. The molecule has 1 aliphatic rings. The number of nitrogens with zero attached hydrogens (tertiary/aromatic N) is 3. The van der Waals surface area contributed by atoms with Gasteiger partial charge in [0.05, 0.1) is 5.69 Å². The minimum Gasteiger partial charge on any atom is -0.353 e. The van der Waals surface area contributed by atoms with Crippen LogP contribution in [0.1, 0.15) is 16.8 Å². The second-order valence-electron chi connectivity index (χ2n) is 6.79. The number of nitrogens with one attached hydrogen (secondary N) is 1. The summed E-state index contributed by atoms with van der Waals surface area (Å²) >= 11 is 0. The maximum atomic E-state index is 13.4. The fraction of sp³-hybridized carbons (Fsp3) is 0.238. The molecule has 1 aliphatic heterocycles. The van der Waals surface area contributed by atoms with Gasteiger partial charge in [0.25, 0.3) is 5.91 Å². The van der Waals surface area contributed by atoms with Crippen molar-refractivity contribution in [1.82, 2.24) is 15.1 Å². The summed E-state index contributed by atoms with van der Waals surface area (Å²) in [5.41, 5.74) is 2.04. The molecular formula is C21H20F2N4O. The van der Waals surface area contributed by atoms with Crippen LogP contribution >= 0.6 is 0 Å². The van der Waals surface area contributed by atoms with E-state index in [0.717, 1.165) is 30.0 Å². The van der Waals surface area contributed by atoms with Crippen LogP contribution in [-0.2, 0) is 0 Å². The first-order valence-corrected chi connectivity index (χ1v) is 9.21. The highest BCUT2D eigenvalue weighted by Gasteiger charge is 2.22. The van der Waals surface area contributed by atoms with Gasteiger partial charge in [0.15, 0.2) is 5.82 Å². The van der Waals surface area contributed by atoms with Crippen molar-refractivity contribution in [2.45, 2.75) is 6.42 Å². The Bertz CT molecular complexity index is 971. The quantitative estimate of drug-likeness (QED) is 0.751. The summed E-state index contributed by atoms with van der Waals surface area (Å²) in [4.78, 5) is 16.5. The van der Waals surface area contributed by atoms with E-state index >= 15 is 0 Å². The number of anilines is 1. The first-order valence-electron chi connectivity index (χ1n) is 9.21. The van der Waals surface area contributed by atoms with Gasteiger partial charge in [-0.1, -0.05) is 6.07 Å².